The molecule has 2 aromatic carbocycles. The second-order valence-electron chi connectivity index (χ2n) is 9.01. The lowest BCUT2D eigenvalue weighted by Crippen LogP contribution is -2.29. The highest BCUT2D eigenvalue weighted by Gasteiger charge is 2.42. The Morgan fingerprint density at radius 2 is 1.62 bits per heavy atom. The van der Waals surface area contributed by atoms with Gasteiger partial charge < -0.3 is 14.8 Å². The molecule has 2 atom stereocenters. The zero-order valence-electron chi connectivity index (χ0n) is 20.1. The maximum atomic E-state index is 5.89. The number of nitrogens with one attached hydrogen (secondary N) is 1. The molecule has 5 heteroatoms. The first-order valence-electron chi connectivity index (χ1n) is 11.8. The predicted molar refractivity (Wildman–Crippen MR) is 144 cm³/mol. The lowest BCUT2D eigenvalue weighted by Gasteiger charge is -2.28. The summed E-state index contributed by atoms with van der Waals surface area (Å²) < 4.78 is 2.35. The quantitative estimate of drug-likeness (QED) is 0.339. The van der Waals surface area contributed by atoms with E-state index in [0.717, 1.165) is 22.9 Å². The molecule has 0 unspecified atom stereocenters. The van der Waals surface area contributed by atoms with Crippen LogP contribution < -0.4 is 10.2 Å². The van der Waals surface area contributed by atoms with Gasteiger partial charge in [-0.3, -0.25) is 4.98 Å². The summed E-state index contributed by atoms with van der Waals surface area (Å²) in [6.45, 7) is 8.68. The number of nitrogens with zero attached hydrogens (tertiary/aromatic N) is 3. The molecule has 4 aromatic rings. The molecule has 2 aromatic heterocycles. The Hall–Kier alpha value is -3.44. The third kappa shape index (κ3) is 3.90. The Balaban J connectivity index is 1.65. The van der Waals surface area contributed by atoms with Crippen LogP contribution in [0.3, 0.4) is 0 Å². The Morgan fingerprint density at radius 1 is 0.912 bits per heavy atom. The second kappa shape index (κ2) is 9.07. The Kier molecular flexibility index (Phi) is 5.96. The van der Waals surface area contributed by atoms with Gasteiger partial charge in [-0.15, -0.1) is 0 Å². The zero-order valence-corrected chi connectivity index (χ0v) is 20.9. The first kappa shape index (κ1) is 22.4. The Morgan fingerprint density at radius 3 is 2.26 bits per heavy atom. The van der Waals surface area contributed by atoms with Crippen LogP contribution in [-0.2, 0) is 6.42 Å². The summed E-state index contributed by atoms with van der Waals surface area (Å²) in [5.41, 5.74) is 9.51. The number of thiocarbonyl (C=S) groups is 1. The van der Waals surface area contributed by atoms with Crippen LogP contribution in [0, 0.1) is 20.8 Å². The standard InChI is InChI=1S/C29H30N4S/c1-5-22-11-15-23(16-12-22)32-20(3)18-25(21(32)4)28-27(26-8-6-7-17-30-26)31-29(34)33(28)24-13-9-19(2)10-14-24/h6-18,27-28H,5H2,1-4H3,(H,31,34)/t27-,28-/m1/s1. The maximum Gasteiger partial charge on any atom is 0.174 e. The van der Waals surface area contributed by atoms with Crippen molar-refractivity contribution in [1.82, 2.24) is 14.9 Å². The normalized spacial score (nSPS) is 17.8. The van der Waals surface area contributed by atoms with E-state index in [4.69, 9.17) is 17.2 Å². The number of rotatable bonds is 5. The summed E-state index contributed by atoms with van der Waals surface area (Å²) in [5, 5.41) is 4.30. The monoisotopic (exact) mass is 466 g/mol. The van der Waals surface area contributed by atoms with Gasteiger partial charge in [0.25, 0.3) is 0 Å². The average molecular weight is 467 g/mol. The Bertz CT molecular complexity index is 1310. The molecule has 1 saturated heterocycles. The van der Waals surface area contributed by atoms with E-state index < -0.39 is 0 Å². The van der Waals surface area contributed by atoms with Gasteiger partial charge in [-0.2, -0.15) is 0 Å². The van der Waals surface area contributed by atoms with Crippen molar-refractivity contribution in [3.8, 4) is 5.69 Å². The highest BCUT2D eigenvalue weighted by atomic mass is 32.1. The molecular formula is C29H30N4S. The van der Waals surface area contributed by atoms with Crippen LogP contribution in [0.15, 0.2) is 79.0 Å². The smallest absolute Gasteiger partial charge is 0.174 e. The van der Waals surface area contributed by atoms with Gasteiger partial charge in [-0.25, -0.2) is 0 Å². The molecule has 0 aliphatic carbocycles. The van der Waals surface area contributed by atoms with Crippen LogP contribution in [0.2, 0.25) is 0 Å². The number of hydrogen-bond donors (Lipinski definition) is 1. The second-order valence-corrected chi connectivity index (χ2v) is 9.40. The minimum Gasteiger partial charge on any atom is -0.351 e. The van der Waals surface area contributed by atoms with Crippen LogP contribution in [0.25, 0.3) is 5.69 Å². The molecule has 0 radical (unpaired) electrons. The molecule has 1 N–H and O–H groups in total. The highest BCUT2D eigenvalue weighted by Crippen LogP contribution is 2.43. The molecular weight excluding hydrogens is 436 g/mol. The molecule has 1 aliphatic rings. The van der Waals surface area contributed by atoms with Gasteiger partial charge in [0.2, 0.25) is 0 Å². The average Bonchev–Trinajstić information content (AvgIpc) is 3.35. The molecule has 172 valence electrons. The molecule has 1 aliphatic heterocycles. The largest absolute Gasteiger partial charge is 0.351 e. The summed E-state index contributed by atoms with van der Waals surface area (Å²) in [6.07, 6.45) is 2.89. The lowest BCUT2D eigenvalue weighted by atomic mass is 9.96. The minimum atomic E-state index is -0.0496. The van der Waals surface area contributed by atoms with E-state index in [1.807, 2.05) is 18.3 Å². The van der Waals surface area contributed by atoms with E-state index in [-0.39, 0.29) is 12.1 Å². The molecule has 4 nitrogen and oxygen atoms in total. The number of hydrogen-bond acceptors (Lipinski definition) is 2. The van der Waals surface area contributed by atoms with E-state index >= 15 is 0 Å². The van der Waals surface area contributed by atoms with Crippen LogP contribution in [0.5, 0.6) is 0 Å². The summed E-state index contributed by atoms with van der Waals surface area (Å²) in [6, 6.07) is 25.8. The molecule has 3 heterocycles. The fraction of sp³-hybridized carbons (Fsp3) is 0.241. The number of benzene rings is 2. The van der Waals surface area contributed by atoms with E-state index in [1.165, 1.54) is 33.8 Å². The fourth-order valence-corrected chi connectivity index (χ4v) is 5.37. The number of anilines is 1. The van der Waals surface area contributed by atoms with Crippen molar-refractivity contribution in [2.24, 2.45) is 0 Å². The third-order valence-electron chi connectivity index (χ3n) is 6.80. The fourth-order valence-electron chi connectivity index (χ4n) is 5.02. The van der Waals surface area contributed by atoms with Gasteiger partial charge in [0.15, 0.2) is 5.11 Å². The molecule has 0 spiro atoms. The zero-order chi connectivity index (χ0) is 23.8. The molecule has 0 amide bonds. The van der Waals surface area contributed by atoms with Crippen molar-refractivity contribution in [2.75, 3.05) is 4.90 Å². The van der Waals surface area contributed by atoms with Crippen LogP contribution in [-0.4, -0.2) is 14.7 Å². The highest BCUT2D eigenvalue weighted by molar-refractivity contribution is 7.80. The van der Waals surface area contributed by atoms with Crippen molar-refractivity contribution in [1.29, 1.82) is 0 Å². The molecule has 34 heavy (non-hydrogen) atoms. The van der Waals surface area contributed by atoms with Crippen molar-refractivity contribution in [3.63, 3.8) is 0 Å². The van der Waals surface area contributed by atoms with E-state index in [1.54, 1.807) is 0 Å². The maximum absolute atomic E-state index is 5.89. The van der Waals surface area contributed by atoms with Crippen LogP contribution in [0.1, 0.15) is 52.8 Å². The minimum absolute atomic E-state index is 0.0139. The van der Waals surface area contributed by atoms with Gasteiger partial charge >= 0.3 is 0 Å². The van der Waals surface area contributed by atoms with Gasteiger partial charge in [-0.05, 0) is 93.0 Å². The first-order chi connectivity index (χ1) is 16.5. The molecule has 1 fully saturated rings. The van der Waals surface area contributed by atoms with E-state index in [9.17, 15) is 0 Å². The van der Waals surface area contributed by atoms with Gasteiger partial charge in [0.1, 0.15) is 0 Å². The molecule has 0 bridgehead atoms. The van der Waals surface area contributed by atoms with Gasteiger partial charge in [-0.1, -0.05) is 42.8 Å². The van der Waals surface area contributed by atoms with Crippen LogP contribution in [0.4, 0.5) is 5.69 Å². The number of pyridine rings is 1. The first-order valence-corrected chi connectivity index (χ1v) is 12.2. The topological polar surface area (TPSA) is 33.1 Å². The van der Waals surface area contributed by atoms with Gasteiger partial charge in [0, 0.05) is 29.0 Å². The van der Waals surface area contributed by atoms with Crippen molar-refractivity contribution in [3.05, 3.63) is 113 Å². The van der Waals surface area contributed by atoms with Crippen LogP contribution >= 0.6 is 12.2 Å². The van der Waals surface area contributed by atoms with Crippen molar-refractivity contribution < 1.29 is 0 Å². The predicted octanol–water partition coefficient (Wildman–Crippen LogP) is 6.54. The van der Waals surface area contributed by atoms with E-state index in [2.05, 4.69) is 103 Å². The Labute approximate surface area is 207 Å². The SMILES string of the molecule is CCc1ccc(-n2c(C)cc([C@@H]3[C@@H](c4ccccn4)NC(=S)N3c3ccc(C)cc3)c2C)cc1. The number of aryl methyl sites for hydroxylation is 3. The van der Waals surface area contributed by atoms with Crippen molar-refractivity contribution >= 4 is 23.0 Å². The summed E-state index contributed by atoms with van der Waals surface area (Å²) in [4.78, 5) is 6.94. The number of aromatic nitrogens is 2. The van der Waals surface area contributed by atoms with Crippen molar-refractivity contribution in [2.45, 2.75) is 46.2 Å². The summed E-state index contributed by atoms with van der Waals surface area (Å²) in [7, 11) is 0. The van der Waals surface area contributed by atoms with E-state index in [0.29, 0.717) is 0 Å². The van der Waals surface area contributed by atoms with Gasteiger partial charge in [0.05, 0.1) is 17.8 Å². The molecule has 0 saturated carbocycles. The third-order valence-corrected chi connectivity index (χ3v) is 7.12. The summed E-state index contributed by atoms with van der Waals surface area (Å²) >= 11 is 5.89. The summed E-state index contributed by atoms with van der Waals surface area (Å²) in [5.74, 6) is 0. The lowest BCUT2D eigenvalue weighted by molar-refractivity contribution is 0.565. The molecule has 5 rings (SSSR count).